The maximum Gasteiger partial charge on any atom is 0.244 e. The molecular formula is C15H29N3O2. The van der Waals surface area contributed by atoms with Crippen molar-refractivity contribution in [2.45, 2.75) is 59.0 Å². The Morgan fingerprint density at radius 2 is 1.90 bits per heavy atom. The minimum Gasteiger partial charge on any atom is -0.344 e. The summed E-state index contributed by atoms with van der Waals surface area (Å²) in [7, 11) is 0. The van der Waals surface area contributed by atoms with Crippen LogP contribution in [-0.2, 0) is 9.59 Å². The first-order valence-corrected chi connectivity index (χ1v) is 7.75. The van der Waals surface area contributed by atoms with E-state index in [1.807, 2.05) is 13.8 Å². The standard InChI is InChI=1S/C15H29N3O2/c1-5-18(6-2)15(20)11(4)17-14(19)12-7-8-13(16)10(3)9-12/h10-13H,5-9,16H2,1-4H3,(H,17,19). The molecule has 0 bridgehead atoms. The quantitative estimate of drug-likeness (QED) is 0.794. The van der Waals surface area contributed by atoms with Crippen molar-refractivity contribution in [2.75, 3.05) is 13.1 Å². The van der Waals surface area contributed by atoms with E-state index in [9.17, 15) is 9.59 Å². The Morgan fingerprint density at radius 3 is 2.40 bits per heavy atom. The Kier molecular flexibility index (Phi) is 6.46. The Balaban J connectivity index is 2.51. The monoisotopic (exact) mass is 283 g/mol. The summed E-state index contributed by atoms with van der Waals surface area (Å²) in [6, 6.07) is -0.248. The number of amides is 2. The van der Waals surface area contributed by atoms with Gasteiger partial charge in [-0.2, -0.15) is 0 Å². The molecule has 1 fully saturated rings. The zero-order valence-electron chi connectivity index (χ0n) is 13.2. The average Bonchev–Trinajstić information content (AvgIpc) is 2.42. The van der Waals surface area contributed by atoms with Crippen LogP contribution in [0.15, 0.2) is 0 Å². The van der Waals surface area contributed by atoms with Gasteiger partial charge < -0.3 is 16.0 Å². The van der Waals surface area contributed by atoms with Crippen LogP contribution in [0.5, 0.6) is 0 Å². The third-order valence-electron chi connectivity index (χ3n) is 4.41. The van der Waals surface area contributed by atoms with Crippen LogP contribution in [-0.4, -0.2) is 41.9 Å². The van der Waals surface area contributed by atoms with Gasteiger partial charge in [-0.05, 0) is 46.0 Å². The summed E-state index contributed by atoms with van der Waals surface area (Å²) in [5.41, 5.74) is 5.97. The summed E-state index contributed by atoms with van der Waals surface area (Å²) in [6.07, 6.45) is 2.53. The van der Waals surface area contributed by atoms with E-state index in [-0.39, 0.29) is 23.8 Å². The van der Waals surface area contributed by atoms with Crippen LogP contribution in [0.2, 0.25) is 0 Å². The summed E-state index contributed by atoms with van der Waals surface area (Å²) < 4.78 is 0. The predicted molar refractivity (Wildman–Crippen MR) is 80.0 cm³/mol. The highest BCUT2D eigenvalue weighted by atomic mass is 16.2. The lowest BCUT2D eigenvalue weighted by Gasteiger charge is -2.32. The van der Waals surface area contributed by atoms with Crippen molar-refractivity contribution < 1.29 is 9.59 Å². The fraction of sp³-hybridized carbons (Fsp3) is 0.867. The lowest BCUT2D eigenvalue weighted by Crippen LogP contribution is -2.49. The molecule has 0 aromatic carbocycles. The van der Waals surface area contributed by atoms with Gasteiger partial charge in [-0.25, -0.2) is 0 Å². The van der Waals surface area contributed by atoms with Gasteiger partial charge >= 0.3 is 0 Å². The molecule has 20 heavy (non-hydrogen) atoms. The first-order chi connectivity index (χ1) is 9.40. The summed E-state index contributed by atoms with van der Waals surface area (Å²) in [5, 5.41) is 2.86. The minimum atomic E-state index is -0.451. The molecule has 5 heteroatoms. The molecule has 4 unspecified atom stereocenters. The largest absolute Gasteiger partial charge is 0.344 e. The van der Waals surface area contributed by atoms with E-state index in [1.165, 1.54) is 0 Å². The third kappa shape index (κ3) is 4.20. The van der Waals surface area contributed by atoms with Gasteiger partial charge in [0.15, 0.2) is 0 Å². The topological polar surface area (TPSA) is 75.4 Å². The molecule has 1 saturated carbocycles. The van der Waals surface area contributed by atoms with Gasteiger partial charge in [0, 0.05) is 25.0 Å². The molecule has 1 aliphatic rings. The Morgan fingerprint density at radius 1 is 1.30 bits per heavy atom. The molecule has 1 aliphatic carbocycles. The molecule has 0 spiro atoms. The third-order valence-corrected chi connectivity index (χ3v) is 4.41. The summed E-state index contributed by atoms with van der Waals surface area (Å²) in [6.45, 7) is 9.08. The first kappa shape index (κ1) is 17.0. The molecule has 0 heterocycles. The molecular weight excluding hydrogens is 254 g/mol. The number of nitrogens with zero attached hydrogens (tertiary/aromatic N) is 1. The maximum absolute atomic E-state index is 12.2. The Hall–Kier alpha value is -1.10. The van der Waals surface area contributed by atoms with E-state index in [0.29, 0.717) is 19.0 Å². The van der Waals surface area contributed by atoms with Crippen molar-refractivity contribution in [3.63, 3.8) is 0 Å². The SMILES string of the molecule is CCN(CC)C(=O)C(C)NC(=O)C1CCC(N)C(C)C1. The second-order valence-electron chi connectivity index (χ2n) is 5.89. The molecule has 0 aromatic rings. The Labute approximate surface area is 122 Å². The molecule has 4 atom stereocenters. The van der Waals surface area contributed by atoms with Crippen molar-refractivity contribution in [2.24, 2.45) is 17.6 Å². The molecule has 0 saturated heterocycles. The first-order valence-electron chi connectivity index (χ1n) is 7.75. The average molecular weight is 283 g/mol. The number of rotatable bonds is 5. The van der Waals surface area contributed by atoms with Gasteiger partial charge in [0.1, 0.15) is 6.04 Å². The van der Waals surface area contributed by atoms with Crippen molar-refractivity contribution in [1.29, 1.82) is 0 Å². The highest BCUT2D eigenvalue weighted by Gasteiger charge is 2.31. The molecule has 0 aliphatic heterocycles. The molecule has 1 rings (SSSR count). The van der Waals surface area contributed by atoms with Crippen LogP contribution >= 0.6 is 0 Å². The molecule has 3 N–H and O–H groups in total. The normalized spacial score (nSPS) is 27.8. The highest BCUT2D eigenvalue weighted by Crippen LogP contribution is 2.28. The fourth-order valence-electron chi connectivity index (χ4n) is 2.86. The zero-order valence-corrected chi connectivity index (χ0v) is 13.2. The van der Waals surface area contributed by atoms with Gasteiger partial charge in [-0.1, -0.05) is 6.92 Å². The summed E-state index contributed by atoms with van der Waals surface area (Å²) in [4.78, 5) is 26.1. The number of carbonyl (C=O) groups excluding carboxylic acids is 2. The van der Waals surface area contributed by atoms with E-state index in [1.54, 1.807) is 11.8 Å². The van der Waals surface area contributed by atoms with E-state index in [2.05, 4.69) is 12.2 Å². The molecule has 2 amide bonds. The molecule has 0 radical (unpaired) electrons. The number of nitrogens with one attached hydrogen (secondary N) is 1. The van der Waals surface area contributed by atoms with Gasteiger partial charge in [0.2, 0.25) is 11.8 Å². The number of hydrogen-bond acceptors (Lipinski definition) is 3. The van der Waals surface area contributed by atoms with Crippen molar-refractivity contribution in [3.05, 3.63) is 0 Å². The lowest BCUT2D eigenvalue weighted by molar-refractivity contribution is -0.137. The van der Waals surface area contributed by atoms with Gasteiger partial charge in [0.05, 0.1) is 0 Å². The zero-order chi connectivity index (χ0) is 15.3. The molecule has 5 nitrogen and oxygen atoms in total. The second-order valence-corrected chi connectivity index (χ2v) is 5.89. The van der Waals surface area contributed by atoms with Crippen LogP contribution in [0.1, 0.15) is 47.0 Å². The number of carbonyl (C=O) groups is 2. The van der Waals surface area contributed by atoms with Crippen LogP contribution in [0.4, 0.5) is 0 Å². The van der Waals surface area contributed by atoms with E-state index in [0.717, 1.165) is 19.3 Å². The van der Waals surface area contributed by atoms with Crippen LogP contribution in [0, 0.1) is 11.8 Å². The number of nitrogens with two attached hydrogens (primary N) is 1. The lowest BCUT2D eigenvalue weighted by atomic mass is 9.79. The Bertz CT molecular complexity index is 342. The second kappa shape index (κ2) is 7.62. The number of likely N-dealkylation sites (N-methyl/N-ethyl adjacent to an activating group) is 1. The molecule has 116 valence electrons. The minimum absolute atomic E-state index is 0.00300. The van der Waals surface area contributed by atoms with E-state index >= 15 is 0 Å². The van der Waals surface area contributed by atoms with Crippen LogP contribution < -0.4 is 11.1 Å². The highest BCUT2D eigenvalue weighted by molar-refractivity contribution is 5.88. The van der Waals surface area contributed by atoms with Crippen molar-refractivity contribution in [1.82, 2.24) is 10.2 Å². The van der Waals surface area contributed by atoms with E-state index in [4.69, 9.17) is 5.73 Å². The molecule has 0 aromatic heterocycles. The fourth-order valence-corrected chi connectivity index (χ4v) is 2.86. The summed E-state index contributed by atoms with van der Waals surface area (Å²) >= 11 is 0. The number of hydrogen-bond donors (Lipinski definition) is 2. The van der Waals surface area contributed by atoms with Gasteiger partial charge in [-0.3, -0.25) is 9.59 Å². The summed E-state index contributed by atoms with van der Waals surface area (Å²) in [5.74, 6) is 0.353. The van der Waals surface area contributed by atoms with Gasteiger partial charge in [-0.15, -0.1) is 0 Å². The van der Waals surface area contributed by atoms with Crippen molar-refractivity contribution in [3.8, 4) is 0 Å². The maximum atomic E-state index is 12.2. The predicted octanol–water partition coefficient (Wildman–Crippen LogP) is 1.12. The van der Waals surface area contributed by atoms with Gasteiger partial charge in [0.25, 0.3) is 0 Å². The van der Waals surface area contributed by atoms with Crippen LogP contribution in [0.3, 0.4) is 0 Å². The van der Waals surface area contributed by atoms with Crippen LogP contribution in [0.25, 0.3) is 0 Å². The smallest absolute Gasteiger partial charge is 0.244 e. The van der Waals surface area contributed by atoms with Crippen molar-refractivity contribution >= 4 is 11.8 Å². The van der Waals surface area contributed by atoms with E-state index < -0.39 is 6.04 Å².